The Bertz CT molecular complexity index is 371. The summed E-state index contributed by atoms with van der Waals surface area (Å²) in [5, 5.41) is 12.2. The molecule has 2 amide bonds. The van der Waals surface area contributed by atoms with Crippen LogP contribution in [-0.2, 0) is 4.79 Å². The molecule has 0 saturated carbocycles. The van der Waals surface area contributed by atoms with Crippen molar-refractivity contribution in [2.24, 2.45) is 0 Å². The number of carboxylic acid groups (broad SMARTS) is 1. The van der Waals surface area contributed by atoms with Crippen LogP contribution in [0.4, 0.5) is 4.79 Å². The molecule has 0 aromatic rings. The summed E-state index contributed by atoms with van der Waals surface area (Å²) in [6.45, 7) is 4.70. The van der Waals surface area contributed by atoms with Gasteiger partial charge in [0, 0.05) is 39.3 Å². The molecule has 0 aliphatic carbocycles. The SMILES string of the molecule is CN(C(=O)N1CCCN(CC(=O)O)CC1)C1CCNCC1. The first-order chi connectivity index (χ1) is 10.1. The Morgan fingerprint density at radius 3 is 2.57 bits per heavy atom. The summed E-state index contributed by atoms with van der Waals surface area (Å²) in [5.74, 6) is -0.804. The Morgan fingerprint density at radius 2 is 1.90 bits per heavy atom. The van der Waals surface area contributed by atoms with Gasteiger partial charge in [0.2, 0.25) is 0 Å². The predicted molar refractivity (Wildman–Crippen MR) is 79.3 cm³/mol. The van der Waals surface area contributed by atoms with Gasteiger partial charge in [-0.15, -0.1) is 0 Å². The summed E-state index contributed by atoms with van der Waals surface area (Å²) in [5.41, 5.74) is 0. The lowest BCUT2D eigenvalue weighted by molar-refractivity contribution is -0.138. The number of carboxylic acids is 1. The van der Waals surface area contributed by atoms with Crippen molar-refractivity contribution < 1.29 is 14.7 Å². The molecule has 7 heteroatoms. The van der Waals surface area contributed by atoms with Crippen LogP contribution in [-0.4, -0.2) is 90.7 Å². The largest absolute Gasteiger partial charge is 0.480 e. The fourth-order valence-corrected chi connectivity index (χ4v) is 3.08. The van der Waals surface area contributed by atoms with Crippen LogP contribution in [0.2, 0.25) is 0 Å². The molecule has 2 rings (SSSR count). The van der Waals surface area contributed by atoms with E-state index in [2.05, 4.69) is 5.32 Å². The van der Waals surface area contributed by atoms with Gasteiger partial charge in [-0.2, -0.15) is 0 Å². The van der Waals surface area contributed by atoms with Crippen molar-refractivity contribution in [3.05, 3.63) is 0 Å². The second-order valence-electron chi connectivity index (χ2n) is 5.89. The molecule has 0 unspecified atom stereocenters. The summed E-state index contributed by atoms with van der Waals surface area (Å²) in [4.78, 5) is 29.0. The first-order valence-corrected chi connectivity index (χ1v) is 7.74. The minimum absolute atomic E-state index is 0.0617. The minimum atomic E-state index is -0.804. The highest BCUT2D eigenvalue weighted by molar-refractivity contribution is 5.74. The van der Waals surface area contributed by atoms with Gasteiger partial charge in [-0.25, -0.2) is 4.79 Å². The Labute approximate surface area is 125 Å². The highest BCUT2D eigenvalue weighted by Gasteiger charge is 2.27. The molecular weight excluding hydrogens is 272 g/mol. The first-order valence-electron chi connectivity index (χ1n) is 7.74. The molecule has 0 spiro atoms. The number of urea groups is 1. The van der Waals surface area contributed by atoms with E-state index in [-0.39, 0.29) is 12.6 Å². The average molecular weight is 298 g/mol. The molecule has 2 saturated heterocycles. The van der Waals surface area contributed by atoms with Crippen molar-refractivity contribution in [3.8, 4) is 0 Å². The predicted octanol–water partition coefficient (Wildman–Crippen LogP) is -0.117. The van der Waals surface area contributed by atoms with Crippen LogP contribution in [0, 0.1) is 0 Å². The molecule has 120 valence electrons. The number of nitrogens with zero attached hydrogens (tertiary/aromatic N) is 3. The fourth-order valence-electron chi connectivity index (χ4n) is 3.08. The molecule has 2 fully saturated rings. The zero-order chi connectivity index (χ0) is 15.2. The van der Waals surface area contributed by atoms with E-state index >= 15 is 0 Å². The van der Waals surface area contributed by atoms with Crippen LogP contribution in [0.3, 0.4) is 0 Å². The molecule has 2 heterocycles. The van der Waals surface area contributed by atoms with E-state index in [0.717, 1.165) is 38.9 Å². The lowest BCUT2D eigenvalue weighted by atomic mass is 10.1. The topological polar surface area (TPSA) is 76.1 Å². The molecule has 0 radical (unpaired) electrons. The summed E-state index contributed by atoms with van der Waals surface area (Å²) in [6.07, 6.45) is 2.83. The van der Waals surface area contributed by atoms with Crippen LogP contribution in [0.15, 0.2) is 0 Å². The molecule has 2 aliphatic rings. The minimum Gasteiger partial charge on any atom is -0.480 e. The number of hydrogen-bond donors (Lipinski definition) is 2. The number of carbonyl (C=O) groups excluding carboxylic acids is 1. The zero-order valence-electron chi connectivity index (χ0n) is 12.8. The molecule has 0 bridgehead atoms. The van der Waals surface area contributed by atoms with Crippen LogP contribution in [0.5, 0.6) is 0 Å². The Kier molecular flexibility index (Phi) is 5.81. The van der Waals surface area contributed by atoms with E-state index < -0.39 is 5.97 Å². The second-order valence-corrected chi connectivity index (χ2v) is 5.89. The van der Waals surface area contributed by atoms with Crippen LogP contribution in [0.25, 0.3) is 0 Å². The van der Waals surface area contributed by atoms with Crippen LogP contribution in [0.1, 0.15) is 19.3 Å². The molecule has 0 aromatic heterocycles. The lowest BCUT2D eigenvalue weighted by Gasteiger charge is -2.35. The third kappa shape index (κ3) is 4.57. The van der Waals surface area contributed by atoms with E-state index in [4.69, 9.17) is 5.11 Å². The second kappa shape index (κ2) is 7.61. The normalized spacial score (nSPS) is 21.9. The van der Waals surface area contributed by atoms with Gasteiger partial charge >= 0.3 is 12.0 Å². The van der Waals surface area contributed by atoms with E-state index in [0.29, 0.717) is 25.7 Å². The average Bonchev–Trinajstić information content (AvgIpc) is 2.71. The molecular formula is C14H26N4O3. The van der Waals surface area contributed by atoms with Gasteiger partial charge in [0.15, 0.2) is 0 Å². The number of nitrogens with one attached hydrogen (secondary N) is 1. The maximum absolute atomic E-state index is 12.6. The summed E-state index contributed by atoms with van der Waals surface area (Å²) in [7, 11) is 1.89. The van der Waals surface area contributed by atoms with Gasteiger partial charge in [0.25, 0.3) is 0 Å². The van der Waals surface area contributed by atoms with Crippen molar-refractivity contribution >= 4 is 12.0 Å². The molecule has 2 N–H and O–H groups in total. The highest BCUT2D eigenvalue weighted by atomic mass is 16.4. The van der Waals surface area contributed by atoms with Crippen molar-refractivity contribution in [1.82, 2.24) is 20.0 Å². The van der Waals surface area contributed by atoms with Crippen LogP contribution >= 0.6 is 0 Å². The van der Waals surface area contributed by atoms with Gasteiger partial charge < -0.3 is 20.2 Å². The number of carbonyl (C=O) groups is 2. The maximum Gasteiger partial charge on any atom is 0.320 e. The standard InChI is InChI=1S/C14H26N4O3/c1-16(12-3-5-15-6-4-12)14(21)18-8-2-7-17(9-10-18)11-13(19)20/h12,15H,2-11H2,1H3,(H,19,20). The number of piperidine rings is 1. The molecule has 2 aliphatic heterocycles. The Morgan fingerprint density at radius 1 is 1.19 bits per heavy atom. The van der Waals surface area contributed by atoms with Gasteiger partial charge in [-0.3, -0.25) is 9.69 Å². The van der Waals surface area contributed by atoms with Crippen molar-refractivity contribution in [1.29, 1.82) is 0 Å². The number of rotatable bonds is 3. The number of hydrogen-bond acceptors (Lipinski definition) is 4. The van der Waals surface area contributed by atoms with Gasteiger partial charge in [0.05, 0.1) is 6.54 Å². The summed E-state index contributed by atoms with van der Waals surface area (Å²) < 4.78 is 0. The Balaban J connectivity index is 1.85. The van der Waals surface area contributed by atoms with Gasteiger partial charge in [0.1, 0.15) is 0 Å². The zero-order valence-corrected chi connectivity index (χ0v) is 12.8. The fraction of sp³-hybridized carbons (Fsp3) is 0.857. The van der Waals surface area contributed by atoms with E-state index in [1.807, 2.05) is 21.7 Å². The van der Waals surface area contributed by atoms with E-state index in [1.54, 1.807) is 0 Å². The van der Waals surface area contributed by atoms with Gasteiger partial charge in [-0.05, 0) is 32.4 Å². The van der Waals surface area contributed by atoms with E-state index in [9.17, 15) is 9.59 Å². The smallest absolute Gasteiger partial charge is 0.320 e. The number of aliphatic carboxylic acids is 1. The summed E-state index contributed by atoms with van der Waals surface area (Å²) in [6, 6.07) is 0.399. The van der Waals surface area contributed by atoms with E-state index in [1.165, 1.54) is 0 Å². The molecule has 0 aromatic carbocycles. The number of amides is 2. The third-order valence-corrected chi connectivity index (χ3v) is 4.38. The maximum atomic E-state index is 12.6. The lowest BCUT2D eigenvalue weighted by Crippen LogP contribution is -2.50. The molecule has 21 heavy (non-hydrogen) atoms. The molecule has 7 nitrogen and oxygen atoms in total. The quantitative estimate of drug-likeness (QED) is 0.760. The van der Waals surface area contributed by atoms with Crippen LogP contribution < -0.4 is 5.32 Å². The monoisotopic (exact) mass is 298 g/mol. The summed E-state index contributed by atoms with van der Waals surface area (Å²) >= 11 is 0. The third-order valence-electron chi connectivity index (χ3n) is 4.38. The Hall–Kier alpha value is -1.34. The first kappa shape index (κ1) is 16.0. The molecule has 0 atom stereocenters. The van der Waals surface area contributed by atoms with Crippen molar-refractivity contribution in [3.63, 3.8) is 0 Å². The van der Waals surface area contributed by atoms with Gasteiger partial charge in [-0.1, -0.05) is 0 Å². The van der Waals surface area contributed by atoms with Crippen molar-refractivity contribution in [2.75, 3.05) is 52.9 Å². The van der Waals surface area contributed by atoms with Crippen molar-refractivity contribution in [2.45, 2.75) is 25.3 Å². The highest BCUT2D eigenvalue weighted by Crippen LogP contribution is 2.13.